The summed E-state index contributed by atoms with van der Waals surface area (Å²) in [4.78, 5) is 2.06. The number of hydrogen-bond acceptors (Lipinski definition) is 3. The van der Waals surface area contributed by atoms with Crippen LogP contribution >= 0.6 is 0 Å². The molecule has 1 heterocycles. The molecule has 1 N–H and O–H groups in total. The van der Waals surface area contributed by atoms with Crippen molar-refractivity contribution in [1.29, 1.82) is 0 Å². The summed E-state index contributed by atoms with van der Waals surface area (Å²) in [6, 6.07) is 3.67. The van der Waals surface area contributed by atoms with E-state index in [2.05, 4.69) is 4.90 Å². The van der Waals surface area contributed by atoms with E-state index in [0.29, 0.717) is 13.2 Å². The Morgan fingerprint density at radius 3 is 2.57 bits per heavy atom. The highest BCUT2D eigenvalue weighted by Gasteiger charge is 2.39. The quantitative estimate of drug-likeness (QED) is 0.931. The molecule has 1 atom stereocenters. The van der Waals surface area contributed by atoms with Crippen molar-refractivity contribution in [3.63, 3.8) is 0 Å². The average molecular weight is 297 g/mol. The lowest BCUT2D eigenvalue weighted by Gasteiger charge is -2.41. The SMILES string of the molecule is OC(CN1CCOC2(CCCC2)C1)c1c(F)cccc1F. The van der Waals surface area contributed by atoms with Crippen molar-refractivity contribution < 1.29 is 18.6 Å². The van der Waals surface area contributed by atoms with Crippen LogP contribution in [0.3, 0.4) is 0 Å². The van der Waals surface area contributed by atoms with Gasteiger partial charge in [0.1, 0.15) is 11.6 Å². The highest BCUT2D eigenvalue weighted by Crippen LogP contribution is 2.36. The highest BCUT2D eigenvalue weighted by molar-refractivity contribution is 5.22. The monoisotopic (exact) mass is 297 g/mol. The third-order valence-electron chi connectivity index (χ3n) is 4.61. The fourth-order valence-corrected chi connectivity index (χ4v) is 3.57. The molecule has 1 unspecified atom stereocenters. The van der Waals surface area contributed by atoms with Gasteiger partial charge in [-0.2, -0.15) is 0 Å². The van der Waals surface area contributed by atoms with Gasteiger partial charge in [-0.1, -0.05) is 18.9 Å². The van der Waals surface area contributed by atoms with Crippen LogP contribution in [0.2, 0.25) is 0 Å². The van der Waals surface area contributed by atoms with E-state index in [1.807, 2.05) is 0 Å². The molecule has 1 saturated carbocycles. The number of nitrogens with zero attached hydrogens (tertiary/aromatic N) is 1. The van der Waals surface area contributed by atoms with Gasteiger partial charge in [0.05, 0.1) is 23.9 Å². The van der Waals surface area contributed by atoms with Crippen LogP contribution in [-0.4, -0.2) is 41.8 Å². The van der Waals surface area contributed by atoms with Crippen LogP contribution < -0.4 is 0 Å². The lowest BCUT2D eigenvalue weighted by atomic mass is 9.99. The molecule has 1 aliphatic heterocycles. The minimum Gasteiger partial charge on any atom is -0.387 e. The average Bonchev–Trinajstić information content (AvgIpc) is 2.86. The molecular weight excluding hydrogens is 276 g/mol. The molecule has 1 spiro atoms. The maximum Gasteiger partial charge on any atom is 0.131 e. The standard InChI is InChI=1S/C16H21F2NO2/c17-12-4-3-5-13(18)15(12)14(20)10-19-8-9-21-16(11-19)6-1-2-7-16/h3-5,14,20H,1-2,6-11H2. The van der Waals surface area contributed by atoms with Gasteiger partial charge in [-0.3, -0.25) is 4.90 Å². The van der Waals surface area contributed by atoms with Crippen LogP contribution in [0.15, 0.2) is 18.2 Å². The summed E-state index contributed by atoms with van der Waals surface area (Å²) in [5.74, 6) is -1.38. The zero-order valence-electron chi connectivity index (χ0n) is 12.0. The summed E-state index contributed by atoms with van der Waals surface area (Å²) in [6.07, 6.45) is 3.25. The molecule has 0 amide bonds. The van der Waals surface area contributed by atoms with Crippen LogP contribution in [0, 0.1) is 11.6 Å². The molecule has 2 fully saturated rings. The van der Waals surface area contributed by atoms with Crippen LogP contribution in [0.5, 0.6) is 0 Å². The number of aliphatic hydroxyl groups is 1. The van der Waals surface area contributed by atoms with E-state index >= 15 is 0 Å². The molecule has 3 nitrogen and oxygen atoms in total. The zero-order valence-corrected chi connectivity index (χ0v) is 12.0. The van der Waals surface area contributed by atoms with Gasteiger partial charge in [0.25, 0.3) is 0 Å². The van der Waals surface area contributed by atoms with E-state index in [9.17, 15) is 13.9 Å². The first-order valence-electron chi connectivity index (χ1n) is 7.58. The molecule has 0 bridgehead atoms. The minimum absolute atomic E-state index is 0.105. The Labute approximate surface area is 123 Å². The van der Waals surface area contributed by atoms with Crippen molar-refractivity contribution in [2.24, 2.45) is 0 Å². The third-order valence-corrected chi connectivity index (χ3v) is 4.61. The van der Waals surface area contributed by atoms with E-state index in [-0.39, 0.29) is 17.7 Å². The Morgan fingerprint density at radius 2 is 1.90 bits per heavy atom. The van der Waals surface area contributed by atoms with Crippen LogP contribution in [0.4, 0.5) is 8.78 Å². The van der Waals surface area contributed by atoms with Crippen molar-refractivity contribution in [3.8, 4) is 0 Å². The van der Waals surface area contributed by atoms with Gasteiger partial charge in [0.2, 0.25) is 0 Å². The van der Waals surface area contributed by atoms with Gasteiger partial charge in [-0.15, -0.1) is 0 Å². The van der Waals surface area contributed by atoms with Gasteiger partial charge in [0.15, 0.2) is 0 Å². The molecule has 0 aromatic heterocycles. The molecule has 116 valence electrons. The molecule has 1 saturated heterocycles. The molecule has 3 rings (SSSR count). The van der Waals surface area contributed by atoms with Crippen molar-refractivity contribution >= 4 is 0 Å². The van der Waals surface area contributed by atoms with Crippen molar-refractivity contribution in [1.82, 2.24) is 4.90 Å². The molecule has 2 aliphatic rings. The number of benzene rings is 1. The van der Waals surface area contributed by atoms with E-state index < -0.39 is 17.7 Å². The first-order chi connectivity index (χ1) is 10.1. The Kier molecular flexibility index (Phi) is 4.24. The Hall–Kier alpha value is -1.04. The second kappa shape index (κ2) is 5.99. The highest BCUT2D eigenvalue weighted by atomic mass is 19.1. The van der Waals surface area contributed by atoms with Gasteiger partial charge in [-0.25, -0.2) is 8.78 Å². The first kappa shape index (κ1) is 14.9. The molecule has 21 heavy (non-hydrogen) atoms. The smallest absolute Gasteiger partial charge is 0.131 e. The summed E-state index contributed by atoms with van der Waals surface area (Å²) in [7, 11) is 0. The summed E-state index contributed by atoms with van der Waals surface area (Å²) in [5, 5.41) is 10.2. The number of ether oxygens (including phenoxy) is 1. The Bertz CT molecular complexity index is 483. The summed E-state index contributed by atoms with van der Waals surface area (Å²) in [6.45, 7) is 2.28. The molecule has 1 aliphatic carbocycles. The fraction of sp³-hybridized carbons (Fsp3) is 0.625. The maximum atomic E-state index is 13.7. The van der Waals surface area contributed by atoms with Crippen molar-refractivity contribution in [2.75, 3.05) is 26.2 Å². The van der Waals surface area contributed by atoms with Crippen LogP contribution in [0.25, 0.3) is 0 Å². The Morgan fingerprint density at radius 1 is 1.24 bits per heavy atom. The second-order valence-corrected chi connectivity index (χ2v) is 6.12. The van der Waals surface area contributed by atoms with Crippen molar-refractivity contribution in [2.45, 2.75) is 37.4 Å². The number of aliphatic hydroxyl groups excluding tert-OH is 1. The number of halogens is 2. The van der Waals surface area contributed by atoms with Gasteiger partial charge in [0, 0.05) is 19.6 Å². The predicted molar refractivity (Wildman–Crippen MR) is 74.9 cm³/mol. The number of β-amino-alcohol motifs (C(OH)–C–C–N with tert-alkyl or cyclic N) is 1. The zero-order chi connectivity index (χ0) is 14.9. The van der Waals surface area contributed by atoms with E-state index in [0.717, 1.165) is 19.4 Å². The minimum atomic E-state index is -1.15. The van der Waals surface area contributed by atoms with Gasteiger partial charge >= 0.3 is 0 Å². The number of morpholine rings is 1. The summed E-state index contributed by atoms with van der Waals surface area (Å²) in [5.41, 5.74) is -0.337. The lowest BCUT2D eigenvalue weighted by molar-refractivity contribution is -0.111. The predicted octanol–water partition coefficient (Wildman–Crippen LogP) is 2.64. The van der Waals surface area contributed by atoms with E-state index in [1.54, 1.807) is 0 Å². The van der Waals surface area contributed by atoms with Crippen LogP contribution in [-0.2, 0) is 4.74 Å². The topological polar surface area (TPSA) is 32.7 Å². The molecule has 1 aromatic carbocycles. The summed E-state index contributed by atoms with van der Waals surface area (Å²) >= 11 is 0. The largest absolute Gasteiger partial charge is 0.387 e. The normalized spacial score (nSPS) is 23.6. The third kappa shape index (κ3) is 3.10. The van der Waals surface area contributed by atoms with E-state index in [1.165, 1.54) is 31.0 Å². The van der Waals surface area contributed by atoms with E-state index in [4.69, 9.17) is 4.74 Å². The molecular formula is C16H21F2NO2. The molecule has 0 radical (unpaired) electrons. The van der Waals surface area contributed by atoms with Gasteiger partial charge in [-0.05, 0) is 25.0 Å². The van der Waals surface area contributed by atoms with Gasteiger partial charge < -0.3 is 9.84 Å². The first-order valence-corrected chi connectivity index (χ1v) is 7.58. The summed E-state index contributed by atoms with van der Waals surface area (Å²) < 4.78 is 33.3. The lowest BCUT2D eigenvalue weighted by Crippen LogP contribution is -2.51. The number of rotatable bonds is 3. The Balaban J connectivity index is 1.68. The fourth-order valence-electron chi connectivity index (χ4n) is 3.57. The second-order valence-electron chi connectivity index (χ2n) is 6.12. The molecule has 1 aromatic rings. The van der Waals surface area contributed by atoms with Crippen molar-refractivity contribution in [3.05, 3.63) is 35.4 Å². The maximum absolute atomic E-state index is 13.7. The van der Waals surface area contributed by atoms with Crippen LogP contribution in [0.1, 0.15) is 37.4 Å². The number of hydrogen-bond donors (Lipinski definition) is 1. The molecule has 5 heteroatoms.